The average Bonchev–Trinajstić information content (AvgIpc) is 1.87. The third-order valence-electron chi connectivity index (χ3n) is 1.23. The van der Waals surface area contributed by atoms with Crippen molar-refractivity contribution >= 4 is 0 Å². The van der Waals surface area contributed by atoms with Crippen molar-refractivity contribution in [3.63, 3.8) is 0 Å². The van der Waals surface area contributed by atoms with Crippen LogP contribution in [0.2, 0.25) is 0 Å². The quantitative estimate of drug-likeness (QED) is 0.260. The van der Waals surface area contributed by atoms with Gasteiger partial charge in [0.1, 0.15) is 0 Å². The Morgan fingerprint density at radius 2 is 2.09 bits per heavy atom. The maximum Gasteiger partial charge on any atom is 1.00 e. The van der Waals surface area contributed by atoms with Crippen LogP contribution in [0.1, 0.15) is 26.2 Å². The minimum absolute atomic E-state index is 0. The molecule has 0 aliphatic carbocycles. The summed E-state index contributed by atoms with van der Waals surface area (Å²) in [5.74, 6) is 0.164. The molecule has 0 radical (unpaired) electrons. The molecule has 0 aromatic rings. The number of hydrogen-bond donors (Lipinski definition) is 0. The van der Waals surface area contributed by atoms with E-state index in [2.05, 4.69) is 0 Å². The van der Waals surface area contributed by atoms with Gasteiger partial charge in [0.15, 0.2) is 0 Å². The molecule has 0 amide bonds. The number of hydrogen-bond acceptors (Lipinski definition) is 2. The molecule has 0 fully saturated rings. The van der Waals surface area contributed by atoms with Crippen LogP contribution in [0.5, 0.6) is 0 Å². The SMILES string of the molecule is COCCCC/C=C(/C)[O-].[Li+]. The van der Waals surface area contributed by atoms with E-state index in [0.717, 1.165) is 25.9 Å². The van der Waals surface area contributed by atoms with E-state index in [-0.39, 0.29) is 24.6 Å². The summed E-state index contributed by atoms with van der Waals surface area (Å²) < 4.78 is 4.85. The molecule has 60 valence electrons. The van der Waals surface area contributed by atoms with Crippen LogP contribution in [0.4, 0.5) is 0 Å². The predicted octanol–water partition coefficient (Wildman–Crippen LogP) is -1.93. The molecule has 0 aliphatic rings. The summed E-state index contributed by atoms with van der Waals surface area (Å²) in [5, 5.41) is 10.4. The minimum atomic E-state index is 0. The van der Waals surface area contributed by atoms with E-state index in [1.165, 1.54) is 0 Å². The molecule has 0 rings (SSSR count). The zero-order valence-corrected chi connectivity index (χ0v) is 7.72. The molecule has 0 atom stereocenters. The zero-order valence-electron chi connectivity index (χ0n) is 7.72. The molecule has 0 N–H and O–H groups in total. The van der Waals surface area contributed by atoms with Crippen molar-refractivity contribution in [1.82, 2.24) is 0 Å². The minimum Gasteiger partial charge on any atom is -0.876 e. The summed E-state index contributed by atoms with van der Waals surface area (Å²) in [6.07, 6.45) is 4.70. The second-order valence-corrected chi connectivity index (χ2v) is 2.30. The van der Waals surface area contributed by atoms with E-state index in [1.807, 2.05) is 0 Å². The van der Waals surface area contributed by atoms with Crippen LogP contribution >= 0.6 is 0 Å². The molecular weight excluding hydrogens is 135 g/mol. The van der Waals surface area contributed by atoms with E-state index in [9.17, 15) is 5.11 Å². The Bertz CT molecular complexity index is 98.3. The Kier molecular flexibility index (Phi) is 12.5. The van der Waals surface area contributed by atoms with Gasteiger partial charge in [-0.05, 0) is 19.3 Å². The van der Waals surface area contributed by atoms with Crippen molar-refractivity contribution in [3.8, 4) is 0 Å². The maximum atomic E-state index is 10.4. The number of allylic oxidation sites excluding steroid dienone is 2. The summed E-state index contributed by atoms with van der Waals surface area (Å²) in [6.45, 7) is 2.38. The molecule has 0 aliphatic heterocycles. The first-order valence-corrected chi connectivity index (χ1v) is 3.60. The molecule has 0 unspecified atom stereocenters. The van der Waals surface area contributed by atoms with Gasteiger partial charge in [-0.1, -0.05) is 13.0 Å². The molecule has 0 saturated heterocycles. The predicted molar refractivity (Wildman–Crippen MR) is 39.5 cm³/mol. The van der Waals surface area contributed by atoms with Crippen molar-refractivity contribution in [3.05, 3.63) is 11.8 Å². The Labute approximate surface area is 80.8 Å². The van der Waals surface area contributed by atoms with Gasteiger partial charge in [-0.3, -0.25) is 0 Å². The van der Waals surface area contributed by atoms with Gasteiger partial charge in [0.05, 0.1) is 0 Å². The van der Waals surface area contributed by atoms with Crippen LogP contribution in [0.25, 0.3) is 0 Å². The molecule has 0 bridgehead atoms. The molecule has 0 spiro atoms. The summed E-state index contributed by atoms with van der Waals surface area (Å²) in [5.41, 5.74) is 0. The first-order valence-electron chi connectivity index (χ1n) is 3.60. The summed E-state index contributed by atoms with van der Waals surface area (Å²) in [6, 6.07) is 0. The van der Waals surface area contributed by atoms with Crippen LogP contribution in [-0.4, -0.2) is 13.7 Å². The Morgan fingerprint density at radius 3 is 2.55 bits per heavy atom. The molecular formula is C8H15LiO2. The fourth-order valence-corrected chi connectivity index (χ4v) is 0.696. The molecule has 0 heterocycles. The van der Waals surface area contributed by atoms with E-state index < -0.39 is 0 Å². The van der Waals surface area contributed by atoms with Crippen LogP contribution in [-0.2, 0) is 4.74 Å². The Hall–Kier alpha value is 0.0974. The van der Waals surface area contributed by atoms with Crippen LogP contribution in [0.3, 0.4) is 0 Å². The Morgan fingerprint density at radius 1 is 1.45 bits per heavy atom. The van der Waals surface area contributed by atoms with E-state index >= 15 is 0 Å². The summed E-state index contributed by atoms with van der Waals surface area (Å²) in [7, 11) is 1.69. The van der Waals surface area contributed by atoms with Crippen molar-refractivity contribution < 1.29 is 28.7 Å². The smallest absolute Gasteiger partial charge is 0.876 e. The second-order valence-electron chi connectivity index (χ2n) is 2.30. The van der Waals surface area contributed by atoms with Gasteiger partial charge in [0.2, 0.25) is 0 Å². The van der Waals surface area contributed by atoms with E-state index in [4.69, 9.17) is 4.74 Å². The average molecular weight is 150 g/mol. The normalized spacial score (nSPS) is 10.9. The zero-order chi connectivity index (χ0) is 7.82. The van der Waals surface area contributed by atoms with Gasteiger partial charge in [-0.2, -0.15) is 0 Å². The second kappa shape index (κ2) is 10.1. The molecule has 2 nitrogen and oxygen atoms in total. The number of rotatable bonds is 5. The molecule has 0 aromatic carbocycles. The maximum absolute atomic E-state index is 10.4. The van der Waals surface area contributed by atoms with Gasteiger partial charge in [-0.15, -0.1) is 5.76 Å². The molecule has 11 heavy (non-hydrogen) atoms. The summed E-state index contributed by atoms with van der Waals surface area (Å²) >= 11 is 0. The van der Waals surface area contributed by atoms with E-state index in [1.54, 1.807) is 20.1 Å². The number of methoxy groups -OCH3 is 1. The topological polar surface area (TPSA) is 32.3 Å². The van der Waals surface area contributed by atoms with Gasteiger partial charge in [0, 0.05) is 13.7 Å². The van der Waals surface area contributed by atoms with Crippen LogP contribution in [0, 0.1) is 0 Å². The van der Waals surface area contributed by atoms with Crippen molar-refractivity contribution in [2.45, 2.75) is 26.2 Å². The fourth-order valence-electron chi connectivity index (χ4n) is 0.696. The third kappa shape index (κ3) is 13.1. The molecule has 3 heteroatoms. The van der Waals surface area contributed by atoms with Gasteiger partial charge in [0.25, 0.3) is 0 Å². The monoisotopic (exact) mass is 150 g/mol. The van der Waals surface area contributed by atoms with Gasteiger partial charge < -0.3 is 9.84 Å². The van der Waals surface area contributed by atoms with Crippen molar-refractivity contribution in [1.29, 1.82) is 0 Å². The van der Waals surface area contributed by atoms with Crippen LogP contribution in [0.15, 0.2) is 11.8 Å². The van der Waals surface area contributed by atoms with Crippen molar-refractivity contribution in [2.75, 3.05) is 13.7 Å². The van der Waals surface area contributed by atoms with Gasteiger partial charge in [-0.25, -0.2) is 0 Å². The Balaban J connectivity index is 0. The third-order valence-corrected chi connectivity index (χ3v) is 1.23. The first kappa shape index (κ1) is 13.7. The van der Waals surface area contributed by atoms with Crippen LogP contribution < -0.4 is 24.0 Å². The standard InChI is InChI=1S/C8H16O2.Li/c1-8(9)6-4-3-5-7-10-2;/h6,9H,3-5,7H2,1-2H3;/q;+1/p-1/b8-6-;. The van der Waals surface area contributed by atoms with Crippen molar-refractivity contribution in [2.24, 2.45) is 0 Å². The number of ether oxygens (including phenoxy) is 1. The molecule has 0 saturated carbocycles. The molecule has 0 aromatic heterocycles. The fraction of sp³-hybridized carbons (Fsp3) is 0.750. The number of unbranched alkanes of at least 4 members (excludes halogenated alkanes) is 2. The van der Waals surface area contributed by atoms with E-state index in [0.29, 0.717) is 0 Å². The largest absolute Gasteiger partial charge is 1.00 e. The summed E-state index contributed by atoms with van der Waals surface area (Å²) in [4.78, 5) is 0. The first-order chi connectivity index (χ1) is 4.77. The van der Waals surface area contributed by atoms with Gasteiger partial charge >= 0.3 is 18.9 Å².